The lowest BCUT2D eigenvalue weighted by Crippen LogP contribution is -2.31. The van der Waals surface area contributed by atoms with Crippen LogP contribution < -0.4 is 4.90 Å². The molecule has 1 aliphatic rings. The first-order chi connectivity index (χ1) is 10.9. The smallest absolute Gasteiger partial charge is 0.281 e. The van der Waals surface area contributed by atoms with E-state index in [0.717, 1.165) is 11.3 Å². The predicted molar refractivity (Wildman–Crippen MR) is 90.4 cm³/mol. The van der Waals surface area contributed by atoms with Gasteiger partial charge in [0.1, 0.15) is 23.0 Å². The Hall–Kier alpha value is -2.47. The van der Waals surface area contributed by atoms with Crippen LogP contribution in [0.25, 0.3) is 6.08 Å². The summed E-state index contributed by atoms with van der Waals surface area (Å²) in [6, 6.07) is 7.65. The molecule has 0 atom stereocenters. The first-order valence-corrected chi connectivity index (χ1v) is 7.46. The molecule has 3 rings (SSSR count). The van der Waals surface area contributed by atoms with Gasteiger partial charge in [-0.3, -0.25) is 9.69 Å². The maximum Gasteiger partial charge on any atom is 0.281 e. The van der Waals surface area contributed by atoms with E-state index in [2.05, 4.69) is 0 Å². The first-order valence-electron chi connectivity index (χ1n) is 7.05. The summed E-state index contributed by atoms with van der Waals surface area (Å²) in [5, 5.41) is 0.298. The van der Waals surface area contributed by atoms with Gasteiger partial charge < -0.3 is 9.32 Å². The van der Waals surface area contributed by atoms with Crippen LogP contribution in [0.2, 0.25) is 0 Å². The van der Waals surface area contributed by atoms with Gasteiger partial charge in [-0.2, -0.15) is 0 Å². The Labute approximate surface area is 138 Å². The second-order valence-electron chi connectivity index (χ2n) is 5.38. The summed E-state index contributed by atoms with van der Waals surface area (Å²) in [6.07, 6.45) is 1.65. The summed E-state index contributed by atoms with van der Waals surface area (Å²) >= 11 is 5.33. The van der Waals surface area contributed by atoms with Crippen molar-refractivity contribution in [3.05, 3.63) is 58.9 Å². The molecule has 1 amide bonds. The number of amides is 1. The summed E-state index contributed by atoms with van der Waals surface area (Å²) in [5.41, 5.74) is 1.80. The van der Waals surface area contributed by atoms with Crippen molar-refractivity contribution in [2.45, 2.75) is 13.8 Å². The van der Waals surface area contributed by atoms with Crippen LogP contribution in [0.5, 0.6) is 0 Å². The van der Waals surface area contributed by atoms with Crippen LogP contribution in [0.3, 0.4) is 0 Å². The molecule has 1 aromatic carbocycles. The van der Waals surface area contributed by atoms with Gasteiger partial charge in [-0.05, 0) is 55.9 Å². The molecule has 0 unspecified atom stereocenters. The number of furan rings is 1. The molecule has 0 bridgehead atoms. The lowest BCUT2D eigenvalue weighted by molar-refractivity contribution is -0.114. The van der Waals surface area contributed by atoms with Gasteiger partial charge in [-0.15, -0.1) is 0 Å². The Morgan fingerprint density at radius 1 is 1.26 bits per heavy atom. The minimum atomic E-state index is -0.421. The Kier molecular flexibility index (Phi) is 3.77. The number of carbonyl (C=O) groups is 1. The second-order valence-corrected chi connectivity index (χ2v) is 5.74. The molecular formula is C17H15FN2O2S. The zero-order valence-corrected chi connectivity index (χ0v) is 13.8. The zero-order valence-electron chi connectivity index (χ0n) is 13.0. The number of benzene rings is 1. The van der Waals surface area contributed by atoms with Gasteiger partial charge in [0.15, 0.2) is 5.11 Å². The molecule has 1 fully saturated rings. The van der Waals surface area contributed by atoms with E-state index in [0.29, 0.717) is 22.3 Å². The van der Waals surface area contributed by atoms with Crippen LogP contribution in [0.15, 0.2) is 40.4 Å². The maximum atomic E-state index is 13.4. The minimum absolute atomic E-state index is 0.298. The van der Waals surface area contributed by atoms with E-state index in [1.165, 1.54) is 17.0 Å². The lowest BCUT2D eigenvalue weighted by Gasteiger charge is -2.16. The molecule has 1 aromatic heterocycles. The van der Waals surface area contributed by atoms with Crippen molar-refractivity contribution in [3.63, 3.8) is 0 Å². The van der Waals surface area contributed by atoms with E-state index in [1.54, 1.807) is 30.2 Å². The van der Waals surface area contributed by atoms with Crippen molar-refractivity contribution in [3.8, 4) is 0 Å². The van der Waals surface area contributed by atoms with E-state index in [4.69, 9.17) is 16.6 Å². The summed E-state index contributed by atoms with van der Waals surface area (Å²) in [4.78, 5) is 15.6. The number of nitrogens with zero attached hydrogens (tertiary/aromatic N) is 2. The fraction of sp³-hybridized carbons (Fsp3) is 0.176. The predicted octanol–water partition coefficient (Wildman–Crippen LogP) is 3.64. The van der Waals surface area contributed by atoms with E-state index < -0.39 is 5.82 Å². The molecule has 2 heterocycles. The van der Waals surface area contributed by atoms with Crippen LogP contribution in [0.4, 0.5) is 10.1 Å². The molecule has 1 saturated heterocycles. The van der Waals surface area contributed by atoms with Crippen LogP contribution in [-0.4, -0.2) is 23.0 Å². The van der Waals surface area contributed by atoms with Gasteiger partial charge in [0.25, 0.3) is 5.91 Å². The number of aryl methyl sites for hydroxylation is 2. The van der Waals surface area contributed by atoms with Gasteiger partial charge in [0.05, 0.1) is 5.69 Å². The molecule has 4 nitrogen and oxygen atoms in total. The highest BCUT2D eigenvalue weighted by molar-refractivity contribution is 7.80. The third-order valence-electron chi connectivity index (χ3n) is 3.79. The minimum Gasteiger partial charge on any atom is -0.462 e. The van der Waals surface area contributed by atoms with E-state index >= 15 is 0 Å². The van der Waals surface area contributed by atoms with Gasteiger partial charge in [0.2, 0.25) is 0 Å². The number of rotatable bonds is 2. The molecule has 1 aliphatic heterocycles. The fourth-order valence-electron chi connectivity index (χ4n) is 2.41. The SMILES string of the molecule is Cc1cc(/C=C2\C(=O)N(c3cccc(F)c3)C(=S)N2C)oc1C. The van der Waals surface area contributed by atoms with Crippen LogP contribution >= 0.6 is 12.2 Å². The molecular weight excluding hydrogens is 315 g/mol. The number of halogens is 1. The monoisotopic (exact) mass is 330 g/mol. The molecule has 118 valence electrons. The highest BCUT2D eigenvalue weighted by Gasteiger charge is 2.37. The van der Waals surface area contributed by atoms with Crippen molar-refractivity contribution in [2.24, 2.45) is 0 Å². The molecule has 2 aromatic rings. The number of carbonyl (C=O) groups excluding carboxylic acids is 1. The summed E-state index contributed by atoms with van der Waals surface area (Å²) in [7, 11) is 1.70. The van der Waals surface area contributed by atoms with Crippen molar-refractivity contribution < 1.29 is 13.6 Å². The standard InChI is InChI=1S/C17H15FN2O2S/c1-10-7-14(22-11(10)2)9-15-16(21)20(17(23)19(15)3)13-6-4-5-12(18)8-13/h4-9H,1-3H3/b15-9+. The third-order valence-corrected chi connectivity index (χ3v) is 4.25. The van der Waals surface area contributed by atoms with Gasteiger partial charge in [0, 0.05) is 13.1 Å². The third kappa shape index (κ3) is 2.66. The molecule has 0 saturated carbocycles. The molecule has 0 aliphatic carbocycles. The summed E-state index contributed by atoms with van der Waals surface area (Å²) in [5.74, 6) is 0.652. The number of likely N-dealkylation sites (N-methyl/N-ethyl adjacent to an activating group) is 1. The van der Waals surface area contributed by atoms with Crippen molar-refractivity contribution in [1.82, 2.24) is 4.90 Å². The number of hydrogen-bond acceptors (Lipinski definition) is 3. The Morgan fingerprint density at radius 3 is 2.61 bits per heavy atom. The quantitative estimate of drug-likeness (QED) is 0.622. The van der Waals surface area contributed by atoms with E-state index in [-0.39, 0.29) is 5.91 Å². The molecule has 0 spiro atoms. The van der Waals surface area contributed by atoms with Crippen LogP contribution in [0.1, 0.15) is 17.1 Å². The maximum absolute atomic E-state index is 13.4. The number of hydrogen-bond donors (Lipinski definition) is 0. The van der Waals surface area contributed by atoms with Crippen molar-refractivity contribution in [1.29, 1.82) is 0 Å². The van der Waals surface area contributed by atoms with E-state index in [1.807, 2.05) is 19.9 Å². The largest absolute Gasteiger partial charge is 0.462 e. The van der Waals surface area contributed by atoms with E-state index in [9.17, 15) is 9.18 Å². The van der Waals surface area contributed by atoms with Gasteiger partial charge in [-0.1, -0.05) is 6.07 Å². The molecule has 0 N–H and O–H groups in total. The second kappa shape index (κ2) is 5.62. The number of thiocarbonyl (C=S) groups is 1. The Bertz CT molecular complexity index is 821. The number of anilines is 1. The Morgan fingerprint density at radius 2 is 2.00 bits per heavy atom. The molecule has 23 heavy (non-hydrogen) atoms. The van der Waals surface area contributed by atoms with Crippen LogP contribution in [0, 0.1) is 19.7 Å². The van der Waals surface area contributed by atoms with Crippen molar-refractivity contribution in [2.75, 3.05) is 11.9 Å². The average molecular weight is 330 g/mol. The highest BCUT2D eigenvalue weighted by atomic mass is 32.1. The zero-order chi connectivity index (χ0) is 16.7. The van der Waals surface area contributed by atoms with Gasteiger partial charge in [-0.25, -0.2) is 4.39 Å². The lowest BCUT2D eigenvalue weighted by atomic mass is 10.2. The average Bonchev–Trinajstić information content (AvgIpc) is 2.91. The molecule has 6 heteroatoms. The highest BCUT2D eigenvalue weighted by Crippen LogP contribution is 2.28. The summed E-state index contributed by atoms with van der Waals surface area (Å²) in [6.45, 7) is 3.80. The fourth-order valence-corrected chi connectivity index (χ4v) is 2.69. The van der Waals surface area contributed by atoms with Crippen molar-refractivity contribution >= 4 is 35.0 Å². The molecule has 0 radical (unpaired) electrons. The topological polar surface area (TPSA) is 36.7 Å². The summed E-state index contributed by atoms with van der Waals surface area (Å²) < 4.78 is 19.0. The first kappa shape index (κ1) is 15.4. The van der Waals surface area contributed by atoms with Gasteiger partial charge >= 0.3 is 0 Å². The van der Waals surface area contributed by atoms with Crippen LogP contribution in [-0.2, 0) is 4.79 Å². The normalized spacial score (nSPS) is 16.8. The Balaban J connectivity index is 2.01.